The topological polar surface area (TPSA) is 46.2 Å². The summed E-state index contributed by atoms with van der Waals surface area (Å²) in [4.78, 5) is 27.7. The monoisotopic (exact) mass is 483 g/mol. The van der Waals surface area contributed by atoms with Crippen LogP contribution in [0.2, 0.25) is 0 Å². The minimum absolute atomic E-state index is 0.110. The maximum atomic E-state index is 14.1. The van der Waals surface area contributed by atoms with E-state index in [1.54, 1.807) is 0 Å². The number of halogens is 3. The van der Waals surface area contributed by atoms with E-state index in [1.165, 1.54) is 12.1 Å². The number of alkyl halides is 3. The molecule has 6 rings (SSSR count). The van der Waals surface area contributed by atoms with E-state index in [4.69, 9.17) is 0 Å². The lowest BCUT2D eigenvalue weighted by Crippen LogP contribution is -2.41. The summed E-state index contributed by atoms with van der Waals surface area (Å²) in [6.07, 6.45) is 7.58. The smallest absolute Gasteiger partial charge is 0.361 e. The molecule has 1 aromatic carbocycles. The molecule has 1 aliphatic heterocycles. The van der Waals surface area contributed by atoms with Crippen LogP contribution in [-0.2, 0) is 11.0 Å². The summed E-state index contributed by atoms with van der Waals surface area (Å²) in [6, 6.07) is 4.61. The van der Waals surface area contributed by atoms with E-state index in [2.05, 4.69) is 5.32 Å². The van der Waals surface area contributed by atoms with Gasteiger partial charge in [0.1, 0.15) is 0 Å². The van der Waals surface area contributed by atoms with Crippen LogP contribution in [0.4, 0.5) is 13.2 Å². The number of hydrogen-bond acceptors (Lipinski definition) is 3. The lowest BCUT2D eigenvalue weighted by atomic mass is 9.67. The van der Waals surface area contributed by atoms with Gasteiger partial charge in [-0.3, -0.25) is 9.59 Å². The van der Waals surface area contributed by atoms with Crippen molar-refractivity contribution in [2.45, 2.75) is 83.2 Å². The Hall–Kier alpha value is -2.37. The van der Waals surface area contributed by atoms with Gasteiger partial charge in [-0.05, 0) is 74.3 Å². The van der Waals surface area contributed by atoms with Gasteiger partial charge in [0.15, 0.2) is 11.6 Å². The van der Waals surface area contributed by atoms with Crippen molar-refractivity contribution in [3.8, 4) is 0 Å². The number of ketones is 2. The van der Waals surface area contributed by atoms with Gasteiger partial charge in [0, 0.05) is 40.4 Å². The molecule has 5 aliphatic rings. The summed E-state index contributed by atoms with van der Waals surface area (Å²) in [5.74, 6) is 0.216. The molecule has 3 fully saturated rings. The van der Waals surface area contributed by atoms with Crippen LogP contribution in [0.5, 0.6) is 0 Å². The number of allylic oxidation sites excluding steroid dienone is 4. The highest BCUT2D eigenvalue weighted by atomic mass is 19.4. The number of carbonyl (C=O) groups excluding carboxylic acids is 2. The summed E-state index contributed by atoms with van der Waals surface area (Å²) < 4.78 is 39.5. The van der Waals surface area contributed by atoms with Gasteiger partial charge in [-0.15, -0.1) is 0 Å². The molecule has 35 heavy (non-hydrogen) atoms. The molecule has 3 saturated carbocycles. The van der Waals surface area contributed by atoms with Gasteiger partial charge in [0.2, 0.25) is 0 Å². The van der Waals surface area contributed by atoms with Crippen molar-refractivity contribution in [2.24, 2.45) is 23.2 Å². The third kappa shape index (κ3) is 4.07. The molecule has 0 bridgehead atoms. The molecule has 1 aromatic rings. The van der Waals surface area contributed by atoms with E-state index in [1.807, 2.05) is 0 Å². The molecule has 1 unspecified atom stereocenters. The first kappa shape index (κ1) is 23.1. The molecular formula is C29H32F3NO2. The molecule has 6 heteroatoms. The van der Waals surface area contributed by atoms with Crippen molar-refractivity contribution in [1.82, 2.24) is 5.32 Å². The molecule has 0 saturated heterocycles. The van der Waals surface area contributed by atoms with Crippen LogP contribution in [0.25, 0.3) is 0 Å². The maximum absolute atomic E-state index is 14.1. The predicted molar refractivity (Wildman–Crippen MR) is 126 cm³/mol. The number of carbonyl (C=O) groups is 2. The van der Waals surface area contributed by atoms with Crippen LogP contribution in [0.15, 0.2) is 46.8 Å². The average molecular weight is 484 g/mol. The summed E-state index contributed by atoms with van der Waals surface area (Å²) in [5.41, 5.74) is 3.12. The SMILES string of the molecule is O=C1CC2(CC2)CC2=C1C(C1CCCC1)C(C(=O)c1ccc(C(F)(F)F)cc1)=C(C1CCCC1)N2. The summed E-state index contributed by atoms with van der Waals surface area (Å²) in [6.45, 7) is 0. The Kier molecular flexibility index (Phi) is 5.50. The highest BCUT2D eigenvalue weighted by Gasteiger charge is 2.53. The van der Waals surface area contributed by atoms with Gasteiger partial charge in [0.25, 0.3) is 0 Å². The van der Waals surface area contributed by atoms with Crippen LogP contribution < -0.4 is 5.32 Å². The fourth-order valence-corrected chi connectivity index (χ4v) is 7.21. The Balaban J connectivity index is 1.46. The zero-order valence-electron chi connectivity index (χ0n) is 20.0. The van der Waals surface area contributed by atoms with Crippen molar-refractivity contribution in [3.63, 3.8) is 0 Å². The molecule has 0 amide bonds. The molecule has 4 aliphatic carbocycles. The molecule has 1 atom stereocenters. The van der Waals surface area contributed by atoms with Crippen molar-refractivity contribution in [2.75, 3.05) is 0 Å². The molecule has 1 heterocycles. The van der Waals surface area contributed by atoms with Crippen molar-refractivity contribution in [3.05, 3.63) is 57.9 Å². The Morgan fingerprint density at radius 3 is 2.14 bits per heavy atom. The third-order valence-corrected chi connectivity index (χ3v) is 9.22. The van der Waals surface area contributed by atoms with Gasteiger partial charge in [-0.2, -0.15) is 13.2 Å². The molecule has 3 nitrogen and oxygen atoms in total. The molecule has 1 spiro atoms. The van der Waals surface area contributed by atoms with Crippen molar-refractivity contribution in [1.29, 1.82) is 0 Å². The second kappa shape index (κ2) is 8.35. The van der Waals surface area contributed by atoms with E-state index < -0.39 is 11.7 Å². The van der Waals surface area contributed by atoms with E-state index in [9.17, 15) is 22.8 Å². The third-order valence-electron chi connectivity index (χ3n) is 9.22. The van der Waals surface area contributed by atoms with Crippen molar-refractivity contribution >= 4 is 11.6 Å². The average Bonchev–Trinajstić information content (AvgIpc) is 3.26. The highest BCUT2D eigenvalue weighted by molar-refractivity contribution is 6.12. The second-order valence-corrected chi connectivity index (χ2v) is 11.5. The van der Waals surface area contributed by atoms with Crippen LogP contribution in [0.1, 0.15) is 93.0 Å². The molecule has 0 aromatic heterocycles. The van der Waals surface area contributed by atoms with Crippen LogP contribution in [0.3, 0.4) is 0 Å². The van der Waals surface area contributed by atoms with E-state index in [0.717, 1.165) is 99.7 Å². The first-order chi connectivity index (χ1) is 16.8. The molecule has 0 radical (unpaired) electrons. The molecule has 186 valence electrons. The minimum Gasteiger partial charge on any atom is -0.361 e. The lowest BCUT2D eigenvalue weighted by Gasteiger charge is -2.41. The Bertz CT molecular complexity index is 1110. The normalized spacial score (nSPS) is 26.9. The predicted octanol–water partition coefficient (Wildman–Crippen LogP) is 7.14. The van der Waals surface area contributed by atoms with Crippen LogP contribution in [0, 0.1) is 23.2 Å². The first-order valence-corrected chi connectivity index (χ1v) is 13.3. The zero-order valence-corrected chi connectivity index (χ0v) is 20.0. The Morgan fingerprint density at radius 1 is 0.914 bits per heavy atom. The zero-order chi connectivity index (χ0) is 24.4. The summed E-state index contributed by atoms with van der Waals surface area (Å²) >= 11 is 0. The quantitative estimate of drug-likeness (QED) is 0.463. The number of rotatable bonds is 4. The van der Waals surface area contributed by atoms with Gasteiger partial charge in [-0.1, -0.05) is 37.8 Å². The fourth-order valence-electron chi connectivity index (χ4n) is 7.21. The highest BCUT2D eigenvalue weighted by Crippen LogP contribution is 2.59. The minimum atomic E-state index is -4.44. The summed E-state index contributed by atoms with van der Waals surface area (Å²) in [7, 11) is 0. The van der Waals surface area contributed by atoms with Crippen molar-refractivity contribution < 1.29 is 22.8 Å². The Labute approximate surface area is 204 Å². The van der Waals surface area contributed by atoms with Crippen LogP contribution in [-0.4, -0.2) is 11.6 Å². The number of benzene rings is 1. The largest absolute Gasteiger partial charge is 0.416 e. The van der Waals surface area contributed by atoms with E-state index in [-0.39, 0.29) is 40.3 Å². The fraction of sp³-hybridized carbons (Fsp3) is 0.586. The first-order valence-electron chi connectivity index (χ1n) is 13.3. The second-order valence-electron chi connectivity index (χ2n) is 11.5. The Morgan fingerprint density at radius 2 is 1.54 bits per heavy atom. The van der Waals surface area contributed by atoms with Gasteiger partial charge in [-0.25, -0.2) is 0 Å². The standard InChI is InChI=1S/C29H32F3NO2/c30-29(31,32)20-11-9-19(10-12-20)27(35)25-23(17-5-1-2-6-17)24-21(15-28(13-14-28)16-22(24)34)33-26(25)18-7-3-4-8-18/h9-12,17-18,23,33H,1-8,13-16H2. The van der Waals surface area contributed by atoms with E-state index in [0.29, 0.717) is 12.0 Å². The maximum Gasteiger partial charge on any atom is 0.416 e. The molecule has 1 N–H and O–H groups in total. The molecular weight excluding hydrogens is 451 g/mol. The number of nitrogens with one attached hydrogen (secondary N) is 1. The number of dihydropyridines is 1. The number of hydrogen-bond donors (Lipinski definition) is 1. The lowest BCUT2D eigenvalue weighted by molar-refractivity contribution is -0.137. The number of Topliss-reactive ketones (excluding diaryl/α,β-unsaturated/α-hetero) is 2. The summed E-state index contributed by atoms with van der Waals surface area (Å²) in [5, 5.41) is 3.65. The van der Waals surface area contributed by atoms with Crippen LogP contribution >= 0.6 is 0 Å². The van der Waals surface area contributed by atoms with Gasteiger partial charge in [0.05, 0.1) is 5.56 Å². The van der Waals surface area contributed by atoms with Gasteiger partial charge >= 0.3 is 6.18 Å². The van der Waals surface area contributed by atoms with Gasteiger partial charge < -0.3 is 5.32 Å². The van der Waals surface area contributed by atoms with E-state index >= 15 is 0 Å².